The van der Waals surface area contributed by atoms with Crippen LogP contribution in [0.25, 0.3) is 11.2 Å². The number of methoxy groups -OCH3 is 1. The van der Waals surface area contributed by atoms with Gasteiger partial charge in [-0.05, 0) is 0 Å². The molecule has 0 spiro atoms. The number of aryl methyl sites for hydroxylation is 1. The topological polar surface area (TPSA) is 119 Å². The molecule has 4 N–H and O–H groups in total. The van der Waals surface area contributed by atoms with Gasteiger partial charge in [-0.2, -0.15) is 0 Å². The number of nitrogen functional groups attached to an aromatic ring is 1. The molecule has 0 amide bonds. The number of aromatic nitrogens is 4. The molecule has 1 fully saturated rings. The zero-order valence-electron chi connectivity index (χ0n) is 12.1. The minimum atomic E-state index is -0.756. The number of fused-ring (bicyclic) bond motifs is 1. The van der Waals surface area contributed by atoms with Gasteiger partial charge >= 0.3 is 5.65 Å². The summed E-state index contributed by atoms with van der Waals surface area (Å²) in [5, 5.41) is 10.3. The molecule has 120 valence electrons. The molecule has 2 aromatic rings. The fraction of sp³-hybridized carbons (Fsp3) is 0.583. The maximum Gasteiger partial charge on any atom is 0.313 e. The predicted octanol–water partition coefficient (Wildman–Crippen LogP) is -1.16. The number of rotatable bonds is 3. The molecule has 0 bridgehead atoms. The van der Waals surface area contributed by atoms with E-state index in [0.717, 1.165) is 0 Å². The number of alkyl halides is 1. The van der Waals surface area contributed by atoms with Crippen molar-refractivity contribution < 1.29 is 19.1 Å². The maximum atomic E-state index is 12.1. The maximum absolute atomic E-state index is 12.1. The molecule has 1 aliphatic heterocycles. The van der Waals surface area contributed by atoms with Crippen molar-refractivity contribution in [3.8, 4) is 0 Å². The van der Waals surface area contributed by atoms with Gasteiger partial charge < -0.3 is 20.3 Å². The van der Waals surface area contributed by atoms with E-state index in [0.29, 0.717) is 15.6 Å². The van der Waals surface area contributed by atoms with Crippen LogP contribution in [-0.2, 0) is 16.5 Å². The fourth-order valence-corrected chi connectivity index (χ4v) is 3.51. The van der Waals surface area contributed by atoms with E-state index in [1.807, 2.05) is 0 Å². The summed E-state index contributed by atoms with van der Waals surface area (Å²) >= 11 is 2.15. The molecular weight excluding hydrogens is 405 g/mol. The summed E-state index contributed by atoms with van der Waals surface area (Å²) in [5.74, 6) is 0.0235. The smallest absolute Gasteiger partial charge is 0.313 e. The van der Waals surface area contributed by atoms with E-state index in [-0.39, 0.29) is 17.6 Å². The Balaban J connectivity index is 2.16. The van der Waals surface area contributed by atoms with Gasteiger partial charge in [0.15, 0.2) is 6.33 Å². The summed E-state index contributed by atoms with van der Waals surface area (Å²) in [6.07, 6.45) is -0.563. The van der Waals surface area contributed by atoms with Gasteiger partial charge in [0.25, 0.3) is 11.5 Å². The summed E-state index contributed by atoms with van der Waals surface area (Å²) in [6.45, 7) is 0. The van der Waals surface area contributed by atoms with Gasteiger partial charge in [0, 0.05) is 11.5 Å². The lowest BCUT2D eigenvalue weighted by molar-refractivity contribution is -0.745. The zero-order chi connectivity index (χ0) is 16.0. The highest BCUT2D eigenvalue weighted by Gasteiger charge is 2.47. The van der Waals surface area contributed by atoms with Crippen LogP contribution in [0.4, 0.5) is 5.95 Å². The normalized spacial score (nSPS) is 28.5. The van der Waals surface area contributed by atoms with E-state index < -0.39 is 18.4 Å². The average molecular weight is 422 g/mol. The molecule has 1 saturated heterocycles. The third kappa shape index (κ3) is 2.30. The highest BCUT2D eigenvalue weighted by atomic mass is 127. The number of anilines is 1. The van der Waals surface area contributed by atoms with Gasteiger partial charge in [0.05, 0.1) is 13.2 Å². The first-order chi connectivity index (χ1) is 10.5. The van der Waals surface area contributed by atoms with E-state index in [1.165, 1.54) is 7.11 Å². The van der Waals surface area contributed by atoms with Crippen molar-refractivity contribution in [1.82, 2.24) is 14.5 Å². The largest absolute Gasteiger partial charge is 0.387 e. The number of aliphatic hydroxyl groups is 1. The molecule has 4 atom stereocenters. The summed E-state index contributed by atoms with van der Waals surface area (Å²) in [6, 6.07) is 0. The number of aliphatic hydroxyl groups excluding tert-OH is 1. The molecule has 0 radical (unpaired) electrons. The monoisotopic (exact) mass is 422 g/mol. The third-order valence-corrected chi connectivity index (χ3v) is 4.67. The van der Waals surface area contributed by atoms with E-state index in [4.69, 9.17) is 15.2 Å². The van der Waals surface area contributed by atoms with E-state index in [1.54, 1.807) is 22.5 Å². The SMILES string of the molecule is CO[C@H]1C(O)[C@@H](CI)O[C@H]1[n+]1cn(C)c2c(=O)[nH]c(N)nc21. The number of hydrogen-bond acceptors (Lipinski definition) is 6. The second-order valence-corrected chi connectivity index (χ2v) is 6.05. The average Bonchev–Trinajstić information content (AvgIpc) is 2.96. The minimum absolute atomic E-state index is 0.0235. The van der Waals surface area contributed by atoms with Crippen LogP contribution in [0.1, 0.15) is 6.23 Å². The molecule has 3 heterocycles. The lowest BCUT2D eigenvalue weighted by atomic mass is 10.1. The molecule has 2 aromatic heterocycles. The van der Waals surface area contributed by atoms with E-state index >= 15 is 0 Å². The van der Waals surface area contributed by atoms with Crippen LogP contribution >= 0.6 is 22.6 Å². The highest BCUT2D eigenvalue weighted by molar-refractivity contribution is 14.1. The summed E-state index contributed by atoms with van der Waals surface area (Å²) in [4.78, 5) is 18.7. The zero-order valence-corrected chi connectivity index (χ0v) is 14.2. The van der Waals surface area contributed by atoms with Crippen molar-refractivity contribution in [2.24, 2.45) is 7.05 Å². The van der Waals surface area contributed by atoms with Crippen molar-refractivity contribution in [3.63, 3.8) is 0 Å². The Hall–Kier alpha value is -1.24. The first kappa shape index (κ1) is 15.6. The van der Waals surface area contributed by atoms with Crippen molar-refractivity contribution >= 4 is 39.7 Å². The summed E-state index contributed by atoms with van der Waals surface area (Å²) < 4.78 is 15.2. The van der Waals surface area contributed by atoms with Crippen LogP contribution < -0.4 is 15.9 Å². The van der Waals surface area contributed by atoms with E-state index in [2.05, 4.69) is 32.6 Å². The number of nitrogens with two attached hydrogens (primary N) is 1. The molecule has 1 aliphatic rings. The van der Waals surface area contributed by atoms with Crippen LogP contribution in [0.3, 0.4) is 0 Å². The second-order valence-electron chi connectivity index (χ2n) is 5.17. The number of ether oxygens (including phenoxy) is 2. The summed E-state index contributed by atoms with van der Waals surface area (Å²) in [5.41, 5.74) is 6.07. The molecule has 0 aliphatic carbocycles. The fourth-order valence-electron chi connectivity index (χ4n) is 2.78. The Labute approximate surface area is 139 Å². The number of halogens is 1. The van der Waals surface area contributed by atoms with Crippen molar-refractivity contribution in [2.75, 3.05) is 17.3 Å². The van der Waals surface area contributed by atoms with Gasteiger partial charge in [-0.15, -0.1) is 0 Å². The van der Waals surface area contributed by atoms with Gasteiger partial charge in [-0.1, -0.05) is 27.6 Å². The molecule has 10 heteroatoms. The lowest BCUT2D eigenvalue weighted by Gasteiger charge is -2.16. The van der Waals surface area contributed by atoms with Gasteiger partial charge in [0.1, 0.15) is 12.2 Å². The van der Waals surface area contributed by atoms with Crippen molar-refractivity contribution in [3.05, 3.63) is 16.7 Å². The minimum Gasteiger partial charge on any atom is -0.387 e. The van der Waals surface area contributed by atoms with Crippen LogP contribution in [0, 0.1) is 0 Å². The number of nitrogens with one attached hydrogen (secondary N) is 1. The van der Waals surface area contributed by atoms with Crippen LogP contribution in [-0.4, -0.2) is 49.5 Å². The molecule has 0 aromatic carbocycles. The van der Waals surface area contributed by atoms with Crippen molar-refractivity contribution in [2.45, 2.75) is 24.5 Å². The lowest BCUT2D eigenvalue weighted by Crippen LogP contribution is -2.47. The Morgan fingerprint density at radius 3 is 3.05 bits per heavy atom. The molecular formula is C12H17IN5O4+. The quantitative estimate of drug-likeness (QED) is 0.326. The Kier molecular flexibility index (Phi) is 4.09. The highest BCUT2D eigenvalue weighted by Crippen LogP contribution is 2.29. The standard InChI is InChI=1S/C12H16IN5O4/c1-17-4-18(9-6(17)10(20)16-12(14)15-9)11-8(21-2)7(19)5(3-13)22-11/h4-5,7-8,11,19H,3H2,1-2H3,(H2-,14,15,16,20)/p+1/t5-,7?,8+,11-/m1/s1. The van der Waals surface area contributed by atoms with Gasteiger partial charge in [-0.25, -0.2) is 4.57 Å². The predicted molar refractivity (Wildman–Crippen MR) is 85.5 cm³/mol. The Bertz CT molecular complexity index is 760. The van der Waals surface area contributed by atoms with Crippen LogP contribution in [0.15, 0.2) is 11.1 Å². The molecule has 0 saturated carbocycles. The first-order valence-electron chi connectivity index (χ1n) is 6.66. The molecule has 3 rings (SSSR count). The van der Waals surface area contributed by atoms with E-state index in [9.17, 15) is 9.90 Å². The second kappa shape index (κ2) is 5.76. The number of hydrogen-bond donors (Lipinski definition) is 3. The molecule has 22 heavy (non-hydrogen) atoms. The number of aromatic amines is 1. The number of imidazole rings is 1. The third-order valence-electron chi connectivity index (χ3n) is 3.80. The molecule has 9 nitrogen and oxygen atoms in total. The van der Waals surface area contributed by atoms with Crippen molar-refractivity contribution in [1.29, 1.82) is 0 Å². The Morgan fingerprint density at radius 2 is 2.41 bits per heavy atom. The van der Waals surface area contributed by atoms with Crippen LogP contribution in [0.2, 0.25) is 0 Å². The van der Waals surface area contributed by atoms with Crippen LogP contribution in [0.5, 0.6) is 0 Å². The summed E-state index contributed by atoms with van der Waals surface area (Å²) in [7, 11) is 3.25. The van der Waals surface area contributed by atoms with Gasteiger partial charge in [-0.3, -0.25) is 14.3 Å². The first-order valence-corrected chi connectivity index (χ1v) is 8.18. The number of nitrogens with zero attached hydrogens (tertiary/aromatic N) is 3. The number of H-pyrrole nitrogens is 1. The molecule has 1 unspecified atom stereocenters. The van der Waals surface area contributed by atoms with Gasteiger partial charge in [0.2, 0.25) is 11.7 Å². The Morgan fingerprint density at radius 1 is 1.68 bits per heavy atom.